The van der Waals surface area contributed by atoms with Gasteiger partial charge in [-0.05, 0) is 43.4 Å². The van der Waals surface area contributed by atoms with Crippen LogP contribution in [0, 0.1) is 5.92 Å². The van der Waals surface area contributed by atoms with Crippen LogP contribution < -0.4 is 0 Å². The largest absolute Gasteiger partial charge is 0.504 e. The van der Waals surface area contributed by atoms with Gasteiger partial charge in [-0.2, -0.15) is 0 Å². The summed E-state index contributed by atoms with van der Waals surface area (Å²) in [7, 11) is 0. The van der Waals surface area contributed by atoms with Crippen molar-refractivity contribution in [3.8, 4) is 11.5 Å². The number of phenols is 2. The number of phenolic OH excluding ortho intramolecular Hbond substituents is 2. The van der Waals surface area contributed by atoms with Crippen molar-refractivity contribution in [2.45, 2.75) is 38.1 Å². The molecule has 2 aliphatic rings. The lowest BCUT2D eigenvalue weighted by molar-refractivity contribution is 0.0689. The standard InChI is InChI=1S/C15H19NO3/c17-13-6-5-11(9-14(13)18)15(19)16-8-7-10-3-1-2-4-12(10)16/h5-6,9-10,12,17-18H,1-4,7-8H2. The first-order chi connectivity index (χ1) is 9.16. The predicted octanol–water partition coefficient (Wildman–Crippen LogP) is 2.50. The molecule has 2 fully saturated rings. The summed E-state index contributed by atoms with van der Waals surface area (Å²) in [4.78, 5) is 14.5. The van der Waals surface area contributed by atoms with Gasteiger partial charge in [-0.15, -0.1) is 0 Å². The molecule has 2 atom stereocenters. The van der Waals surface area contributed by atoms with Crippen molar-refractivity contribution in [3.05, 3.63) is 23.8 Å². The molecule has 1 heterocycles. The average molecular weight is 261 g/mol. The van der Waals surface area contributed by atoms with E-state index in [0.717, 1.165) is 19.4 Å². The Labute approximate surface area is 112 Å². The Morgan fingerprint density at radius 1 is 1.11 bits per heavy atom. The van der Waals surface area contributed by atoms with E-state index in [0.29, 0.717) is 17.5 Å². The van der Waals surface area contributed by atoms with Crippen LogP contribution in [0.3, 0.4) is 0 Å². The molecule has 2 N–H and O–H groups in total. The minimum Gasteiger partial charge on any atom is -0.504 e. The van der Waals surface area contributed by atoms with Crippen LogP contribution in [-0.4, -0.2) is 33.6 Å². The molecule has 1 saturated heterocycles. The van der Waals surface area contributed by atoms with Crippen LogP contribution in [0.2, 0.25) is 0 Å². The van der Waals surface area contributed by atoms with Crippen LogP contribution in [-0.2, 0) is 0 Å². The molecule has 102 valence electrons. The van der Waals surface area contributed by atoms with Crippen molar-refractivity contribution in [1.82, 2.24) is 4.90 Å². The van der Waals surface area contributed by atoms with Crippen molar-refractivity contribution in [2.75, 3.05) is 6.54 Å². The monoisotopic (exact) mass is 261 g/mol. The van der Waals surface area contributed by atoms with Gasteiger partial charge < -0.3 is 15.1 Å². The van der Waals surface area contributed by atoms with Crippen LogP contribution in [0.5, 0.6) is 11.5 Å². The SMILES string of the molecule is O=C(c1ccc(O)c(O)c1)N1CCC2CCCCC21. The highest BCUT2D eigenvalue weighted by Gasteiger charge is 2.38. The summed E-state index contributed by atoms with van der Waals surface area (Å²) >= 11 is 0. The van der Waals surface area contributed by atoms with E-state index in [4.69, 9.17) is 0 Å². The van der Waals surface area contributed by atoms with Gasteiger partial charge in [-0.25, -0.2) is 0 Å². The number of nitrogens with zero attached hydrogens (tertiary/aromatic N) is 1. The van der Waals surface area contributed by atoms with E-state index >= 15 is 0 Å². The summed E-state index contributed by atoms with van der Waals surface area (Å²) in [5.74, 6) is 0.215. The molecule has 1 aliphatic carbocycles. The highest BCUT2D eigenvalue weighted by molar-refractivity contribution is 5.95. The third-order valence-corrected chi connectivity index (χ3v) is 4.49. The predicted molar refractivity (Wildman–Crippen MR) is 71.2 cm³/mol. The van der Waals surface area contributed by atoms with Gasteiger partial charge in [-0.1, -0.05) is 12.8 Å². The average Bonchev–Trinajstić information content (AvgIpc) is 2.85. The molecule has 2 unspecified atom stereocenters. The minimum atomic E-state index is -0.231. The smallest absolute Gasteiger partial charge is 0.254 e. The maximum absolute atomic E-state index is 12.5. The molecule has 4 nitrogen and oxygen atoms in total. The summed E-state index contributed by atoms with van der Waals surface area (Å²) in [6.07, 6.45) is 5.91. The zero-order chi connectivity index (χ0) is 13.4. The van der Waals surface area contributed by atoms with Gasteiger partial charge in [0.1, 0.15) is 0 Å². The molecule has 3 rings (SSSR count). The molecule has 1 amide bonds. The van der Waals surface area contributed by atoms with Crippen LogP contribution in [0.25, 0.3) is 0 Å². The van der Waals surface area contributed by atoms with E-state index in [1.807, 2.05) is 4.90 Å². The van der Waals surface area contributed by atoms with Gasteiger partial charge in [0.15, 0.2) is 11.5 Å². The zero-order valence-corrected chi connectivity index (χ0v) is 10.9. The number of carbonyl (C=O) groups is 1. The van der Waals surface area contributed by atoms with E-state index in [2.05, 4.69) is 0 Å². The lowest BCUT2D eigenvalue weighted by Crippen LogP contribution is -2.39. The third kappa shape index (κ3) is 2.15. The summed E-state index contributed by atoms with van der Waals surface area (Å²) in [5.41, 5.74) is 0.460. The first-order valence-corrected chi connectivity index (χ1v) is 7.00. The maximum Gasteiger partial charge on any atom is 0.254 e. The Bertz CT molecular complexity index is 500. The molecule has 0 aromatic heterocycles. The number of hydrogen-bond donors (Lipinski definition) is 2. The maximum atomic E-state index is 12.5. The fourth-order valence-corrected chi connectivity index (χ4v) is 3.48. The van der Waals surface area contributed by atoms with Crippen molar-refractivity contribution >= 4 is 5.91 Å². The normalized spacial score (nSPS) is 26.2. The fourth-order valence-electron chi connectivity index (χ4n) is 3.48. The Balaban J connectivity index is 1.81. The second kappa shape index (κ2) is 4.76. The molecule has 19 heavy (non-hydrogen) atoms. The Kier molecular flexibility index (Phi) is 3.09. The van der Waals surface area contributed by atoms with E-state index in [1.54, 1.807) is 6.07 Å². The highest BCUT2D eigenvalue weighted by atomic mass is 16.3. The molecular formula is C15H19NO3. The number of aromatic hydroxyl groups is 2. The Morgan fingerprint density at radius 3 is 2.68 bits per heavy atom. The second-order valence-corrected chi connectivity index (χ2v) is 5.60. The number of benzene rings is 1. The zero-order valence-electron chi connectivity index (χ0n) is 10.9. The third-order valence-electron chi connectivity index (χ3n) is 4.49. The molecule has 4 heteroatoms. The number of amides is 1. The Morgan fingerprint density at radius 2 is 1.89 bits per heavy atom. The molecule has 0 radical (unpaired) electrons. The number of carbonyl (C=O) groups excluding carboxylic acids is 1. The van der Waals surface area contributed by atoms with Gasteiger partial charge >= 0.3 is 0 Å². The van der Waals surface area contributed by atoms with Crippen LogP contribution >= 0.6 is 0 Å². The summed E-state index contributed by atoms with van der Waals surface area (Å²) < 4.78 is 0. The van der Waals surface area contributed by atoms with Gasteiger partial charge in [0.05, 0.1) is 0 Å². The molecular weight excluding hydrogens is 242 g/mol. The van der Waals surface area contributed by atoms with Crippen molar-refractivity contribution in [1.29, 1.82) is 0 Å². The van der Waals surface area contributed by atoms with E-state index < -0.39 is 0 Å². The minimum absolute atomic E-state index is 0.0234. The molecule has 1 aliphatic heterocycles. The van der Waals surface area contributed by atoms with Crippen molar-refractivity contribution < 1.29 is 15.0 Å². The molecule has 0 spiro atoms. The molecule has 1 saturated carbocycles. The highest BCUT2D eigenvalue weighted by Crippen LogP contribution is 2.37. The first kappa shape index (κ1) is 12.3. The van der Waals surface area contributed by atoms with E-state index in [1.165, 1.54) is 31.4 Å². The van der Waals surface area contributed by atoms with E-state index in [-0.39, 0.29) is 17.4 Å². The van der Waals surface area contributed by atoms with E-state index in [9.17, 15) is 15.0 Å². The molecule has 1 aromatic rings. The number of fused-ring (bicyclic) bond motifs is 1. The topological polar surface area (TPSA) is 60.8 Å². The van der Waals surface area contributed by atoms with Gasteiger partial charge in [0, 0.05) is 18.2 Å². The summed E-state index contributed by atoms with van der Waals surface area (Å²) in [5, 5.41) is 18.8. The quantitative estimate of drug-likeness (QED) is 0.764. The summed E-state index contributed by atoms with van der Waals surface area (Å²) in [6.45, 7) is 0.815. The van der Waals surface area contributed by atoms with Crippen LogP contribution in [0.15, 0.2) is 18.2 Å². The van der Waals surface area contributed by atoms with Crippen molar-refractivity contribution in [2.24, 2.45) is 5.92 Å². The van der Waals surface area contributed by atoms with Crippen LogP contribution in [0.4, 0.5) is 0 Å². The fraction of sp³-hybridized carbons (Fsp3) is 0.533. The van der Waals surface area contributed by atoms with Crippen molar-refractivity contribution in [3.63, 3.8) is 0 Å². The second-order valence-electron chi connectivity index (χ2n) is 5.60. The van der Waals surface area contributed by atoms with Gasteiger partial charge in [0.25, 0.3) is 5.91 Å². The van der Waals surface area contributed by atoms with Gasteiger partial charge in [0.2, 0.25) is 0 Å². The molecule has 1 aromatic carbocycles. The lowest BCUT2D eigenvalue weighted by Gasteiger charge is -2.31. The number of likely N-dealkylation sites (tertiary alicyclic amines) is 1. The molecule has 0 bridgehead atoms. The lowest BCUT2D eigenvalue weighted by atomic mass is 9.85. The number of hydrogen-bond acceptors (Lipinski definition) is 3. The van der Waals surface area contributed by atoms with Crippen LogP contribution in [0.1, 0.15) is 42.5 Å². The summed E-state index contributed by atoms with van der Waals surface area (Å²) in [6, 6.07) is 4.68. The Hall–Kier alpha value is -1.71. The first-order valence-electron chi connectivity index (χ1n) is 7.00. The number of rotatable bonds is 1. The van der Waals surface area contributed by atoms with Gasteiger partial charge in [-0.3, -0.25) is 4.79 Å².